The number of hydrogen-bond acceptors (Lipinski definition) is 0. The fourth-order valence-corrected chi connectivity index (χ4v) is 1.61. The van der Waals surface area contributed by atoms with Crippen molar-refractivity contribution in [3.05, 3.63) is 18.2 Å². The Bertz CT molecular complexity index is 243. The summed E-state index contributed by atoms with van der Waals surface area (Å²) < 4.78 is 4.44. The van der Waals surface area contributed by atoms with Gasteiger partial charge in [-0.3, -0.25) is 0 Å². The number of halogens is 1. The van der Waals surface area contributed by atoms with Crippen LogP contribution < -0.4 is 4.57 Å². The van der Waals surface area contributed by atoms with Gasteiger partial charge in [0.2, 0.25) is 0 Å². The third-order valence-electron chi connectivity index (χ3n) is 2.18. The van der Waals surface area contributed by atoms with Gasteiger partial charge in [0.1, 0.15) is 12.4 Å². The van der Waals surface area contributed by atoms with Crippen LogP contribution in [0.5, 0.6) is 0 Å². The Balaban J connectivity index is 2.46. The summed E-state index contributed by atoms with van der Waals surface area (Å²) in [7, 11) is 2.08. The van der Waals surface area contributed by atoms with Crippen LogP contribution in [0.4, 0.5) is 0 Å². The van der Waals surface area contributed by atoms with Gasteiger partial charge in [0, 0.05) is 12.3 Å². The zero-order valence-electron chi connectivity index (χ0n) is 7.76. The molecule has 1 aromatic heterocycles. The van der Waals surface area contributed by atoms with Crippen LogP contribution in [-0.4, -0.2) is 9.90 Å². The average molecular weight is 232 g/mol. The van der Waals surface area contributed by atoms with Crippen molar-refractivity contribution in [2.24, 2.45) is 7.05 Å². The first kappa shape index (κ1) is 9.78. The number of hydrogen-bond donors (Lipinski definition) is 0. The minimum Gasteiger partial charge on any atom is -0.237 e. The summed E-state index contributed by atoms with van der Waals surface area (Å²) in [6, 6.07) is 0. The molecule has 1 aromatic rings. The number of aryl methyl sites for hydroxylation is 2. The molecule has 0 aromatic carbocycles. The van der Waals surface area contributed by atoms with E-state index in [9.17, 15) is 0 Å². The smallest absolute Gasteiger partial charge is 0.237 e. The second kappa shape index (κ2) is 4.65. The van der Waals surface area contributed by atoms with E-state index in [0.29, 0.717) is 0 Å². The van der Waals surface area contributed by atoms with Gasteiger partial charge < -0.3 is 0 Å². The zero-order chi connectivity index (χ0) is 8.97. The molecule has 0 unspecified atom stereocenters. The third kappa shape index (κ3) is 2.34. The van der Waals surface area contributed by atoms with E-state index in [1.165, 1.54) is 18.7 Å². The molecule has 0 spiro atoms. The summed E-state index contributed by atoms with van der Waals surface area (Å²) in [4.78, 5) is 0. The normalized spacial score (nSPS) is 10.6. The lowest BCUT2D eigenvalue weighted by molar-refractivity contribution is -0.677. The highest BCUT2D eigenvalue weighted by Crippen LogP contribution is 1.99. The number of nitrogens with zero attached hydrogens (tertiary/aromatic N) is 2. The van der Waals surface area contributed by atoms with E-state index in [4.69, 9.17) is 0 Å². The zero-order valence-corrected chi connectivity index (χ0v) is 9.34. The molecule has 0 saturated heterocycles. The Morgan fingerprint density at radius 1 is 1.50 bits per heavy atom. The predicted molar refractivity (Wildman–Crippen MR) is 53.4 cm³/mol. The fourth-order valence-electron chi connectivity index (χ4n) is 1.21. The second-order valence-electron chi connectivity index (χ2n) is 3.05. The van der Waals surface area contributed by atoms with Crippen LogP contribution in [0.25, 0.3) is 0 Å². The second-order valence-corrected chi connectivity index (χ2v) is 3.84. The highest BCUT2D eigenvalue weighted by Gasteiger charge is 2.06. The SMILES string of the molecule is Cc1n(CCCCBr)cc[n+]1C. The lowest BCUT2D eigenvalue weighted by Gasteiger charge is -1.97. The van der Waals surface area contributed by atoms with Crippen LogP contribution in [0.15, 0.2) is 12.4 Å². The van der Waals surface area contributed by atoms with Crippen LogP contribution in [0.1, 0.15) is 18.7 Å². The van der Waals surface area contributed by atoms with E-state index >= 15 is 0 Å². The summed E-state index contributed by atoms with van der Waals surface area (Å²) in [5, 5.41) is 1.11. The molecule has 0 N–H and O–H groups in total. The van der Waals surface area contributed by atoms with E-state index in [0.717, 1.165) is 11.9 Å². The van der Waals surface area contributed by atoms with Crippen molar-refractivity contribution in [3.8, 4) is 0 Å². The Morgan fingerprint density at radius 3 is 2.75 bits per heavy atom. The van der Waals surface area contributed by atoms with Gasteiger partial charge in [0.05, 0.1) is 13.6 Å². The molecular formula is C9H16BrN2+. The lowest BCUT2D eigenvalue weighted by atomic mass is 10.3. The highest BCUT2D eigenvalue weighted by molar-refractivity contribution is 9.09. The number of aromatic nitrogens is 2. The van der Waals surface area contributed by atoms with Crippen LogP contribution in [-0.2, 0) is 13.6 Å². The molecule has 0 bridgehead atoms. The number of unbranched alkanes of at least 4 members (excludes halogenated alkanes) is 1. The van der Waals surface area contributed by atoms with Gasteiger partial charge in [-0.15, -0.1) is 0 Å². The van der Waals surface area contributed by atoms with Crippen molar-refractivity contribution >= 4 is 15.9 Å². The van der Waals surface area contributed by atoms with Gasteiger partial charge in [0.25, 0.3) is 5.82 Å². The first-order chi connectivity index (χ1) is 5.75. The quantitative estimate of drug-likeness (QED) is 0.425. The van der Waals surface area contributed by atoms with Crippen molar-refractivity contribution in [1.29, 1.82) is 0 Å². The number of rotatable bonds is 4. The fraction of sp³-hybridized carbons (Fsp3) is 0.667. The lowest BCUT2D eigenvalue weighted by Crippen LogP contribution is -2.29. The number of imidazole rings is 1. The van der Waals surface area contributed by atoms with Crippen LogP contribution in [0.2, 0.25) is 0 Å². The molecule has 0 aliphatic heterocycles. The first-order valence-electron chi connectivity index (χ1n) is 4.33. The maximum absolute atomic E-state index is 3.43. The van der Waals surface area contributed by atoms with Gasteiger partial charge in [-0.25, -0.2) is 9.13 Å². The molecule has 0 atom stereocenters. The average Bonchev–Trinajstić information content (AvgIpc) is 2.36. The first-order valence-corrected chi connectivity index (χ1v) is 5.45. The molecule has 1 rings (SSSR count). The van der Waals surface area contributed by atoms with Crippen molar-refractivity contribution in [2.45, 2.75) is 26.3 Å². The van der Waals surface area contributed by atoms with Gasteiger partial charge in [0.15, 0.2) is 0 Å². The molecule has 2 nitrogen and oxygen atoms in total. The molecule has 12 heavy (non-hydrogen) atoms. The Kier molecular flexibility index (Phi) is 3.79. The Labute approximate surface area is 82.3 Å². The Hall–Kier alpha value is -0.310. The van der Waals surface area contributed by atoms with Crippen molar-refractivity contribution in [3.63, 3.8) is 0 Å². The maximum Gasteiger partial charge on any atom is 0.253 e. The van der Waals surface area contributed by atoms with E-state index in [2.05, 4.69) is 51.4 Å². The standard InChI is InChI=1S/C9H16BrN2/c1-9-11(2)7-8-12(9)6-4-3-5-10/h7-8H,3-6H2,1-2H3/q+1. The van der Waals surface area contributed by atoms with Gasteiger partial charge in [-0.2, -0.15) is 0 Å². The summed E-state index contributed by atoms with van der Waals surface area (Å²) in [5.74, 6) is 1.32. The number of alkyl halides is 1. The summed E-state index contributed by atoms with van der Waals surface area (Å²) in [5.41, 5.74) is 0. The molecule has 0 fully saturated rings. The summed E-state index contributed by atoms with van der Waals surface area (Å²) in [6.45, 7) is 3.28. The molecule has 1 heterocycles. The van der Waals surface area contributed by atoms with Crippen LogP contribution >= 0.6 is 15.9 Å². The molecule has 0 saturated carbocycles. The third-order valence-corrected chi connectivity index (χ3v) is 2.74. The topological polar surface area (TPSA) is 8.81 Å². The molecule has 0 aliphatic carbocycles. The van der Waals surface area contributed by atoms with Crippen LogP contribution in [0, 0.1) is 6.92 Å². The molecule has 68 valence electrons. The van der Waals surface area contributed by atoms with Crippen molar-refractivity contribution in [1.82, 2.24) is 4.57 Å². The minimum atomic E-state index is 1.11. The van der Waals surface area contributed by atoms with Gasteiger partial charge in [-0.1, -0.05) is 15.9 Å². The summed E-state index contributed by atoms with van der Waals surface area (Å²) >= 11 is 3.43. The van der Waals surface area contributed by atoms with E-state index in [1.807, 2.05) is 0 Å². The van der Waals surface area contributed by atoms with Crippen molar-refractivity contribution < 1.29 is 4.57 Å². The maximum atomic E-state index is 3.43. The minimum absolute atomic E-state index is 1.11. The van der Waals surface area contributed by atoms with Gasteiger partial charge in [-0.05, 0) is 12.8 Å². The monoisotopic (exact) mass is 231 g/mol. The van der Waals surface area contributed by atoms with E-state index < -0.39 is 0 Å². The highest BCUT2D eigenvalue weighted by atomic mass is 79.9. The molecule has 3 heteroatoms. The van der Waals surface area contributed by atoms with E-state index in [-0.39, 0.29) is 0 Å². The summed E-state index contributed by atoms with van der Waals surface area (Å²) in [6.07, 6.45) is 6.75. The largest absolute Gasteiger partial charge is 0.253 e. The van der Waals surface area contributed by atoms with Crippen molar-refractivity contribution in [2.75, 3.05) is 5.33 Å². The molecule has 0 aliphatic rings. The predicted octanol–water partition coefficient (Wildman–Crippen LogP) is 1.80. The Morgan fingerprint density at radius 2 is 2.25 bits per heavy atom. The molecule has 0 amide bonds. The van der Waals surface area contributed by atoms with Crippen LogP contribution in [0.3, 0.4) is 0 Å². The van der Waals surface area contributed by atoms with E-state index in [1.54, 1.807) is 0 Å². The molecule has 0 radical (unpaired) electrons. The van der Waals surface area contributed by atoms with Gasteiger partial charge >= 0.3 is 0 Å². The molecular weight excluding hydrogens is 216 g/mol.